The third-order valence-electron chi connectivity index (χ3n) is 5.31. The van der Waals surface area contributed by atoms with Crippen LogP contribution in [0.3, 0.4) is 0 Å². The highest BCUT2D eigenvalue weighted by Gasteiger charge is 2.63. The molecule has 19 heavy (non-hydrogen) atoms. The topological polar surface area (TPSA) is 77.8 Å². The van der Waals surface area contributed by atoms with Crippen LogP contribution in [0.4, 0.5) is 0 Å². The molecule has 0 saturated heterocycles. The second kappa shape index (κ2) is 4.14. The average molecular weight is 268 g/mol. The molecule has 0 aliphatic heterocycles. The molecule has 0 heterocycles. The number of fused-ring (bicyclic) bond motifs is 1. The molecular formula is C15H24O4. The first-order valence-corrected chi connectivity index (χ1v) is 6.82. The van der Waals surface area contributed by atoms with Gasteiger partial charge in [-0.1, -0.05) is 20.8 Å². The monoisotopic (exact) mass is 268 g/mol. The van der Waals surface area contributed by atoms with Gasteiger partial charge in [0.25, 0.3) is 0 Å². The Balaban J connectivity index is 2.64. The molecule has 1 fully saturated rings. The molecule has 2 rings (SSSR count). The molecular weight excluding hydrogens is 244 g/mol. The Bertz CT molecular complexity index is 439. The van der Waals surface area contributed by atoms with Crippen LogP contribution in [0.1, 0.15) is 40.5 Å². The van der Waals surface area contributed by atoms with Crippen molar-refractivity contribution in [3.8, 4) is 0 Å². The van der Waals surface area contributed by atoms with Crippen LogP contribution in [0.25, 0.3) is 0 Å². The third kappa shape index (κ3) is 1.81. The van der Waals surface area contributed by atoms with E-state index in [-0.39, 0.29) is 11.7 Å². The maximum Gasteiger partial charge on any atom is 0.160 e. The molecule has 0 spiro atoms. The molecule has 3 N–H and O–H groups in total. The number of aliphatic hydroxyl groups excluding tert-OH is 2. The molecule has 1 saturated carbocycles. The van der Waals surface area contributed by atoms with Crippen molar-refractivity contribution in [2.24, 2.45) is 16.7 Å². The standard InChI is InChI=1S/C15H24O4/c1-9-5-11(18)12-13(2,3)6-10(17)7-14(12,4)15(9,19)8-16/h5,10,12,16-17,19H,6-8H2,1-4H3/t10-,12+,14-,15+/m0/s1. The molecule has 2 aliphatic carbocycles. The first-order chi connectivity index (χ1) is 8.58. The maximum absolute atomic E-state index is 12.4. The van der Waals surface area contributed by atoms with Gasteiger partial charge < -0.3 is 15.3 Å². The number of allylic oxidation sites excluding steroid dienone is 1. The van der Waals surface area contributed by atoms with Crippen LogP contribution < -0.4 is 0 Å². The van der Waals surface area contributed by atoms with Crippen molar-refractivity contribution in [1.29, 1.82) is 0 Å². The molecule has 2 aliphatic rings. The Morgan fingerprint density at radius 3 is 2.42 bits per heavy atom. The lowest BCUT2D eigenvalue weighted by molar-refractivity contribution is -0.186. The number of hydrogen-bond acceptors (Lipinski definition) is 4. The van der Waals surface area contributed by atoms with E-state index < -0.39 is 29.1 Å². The number of ketones is 1. The average Bonchev–Trinajstić information content (AvgIpc) is 2.22. The first kappa shape index (κ1) is 14.7. The summed E-state index contributed by atoms with van der Waals surface area (Å²) in [6, 6.07) is 0. The maximum atomic E-state index is 12.4. The molecule has 4 atom stereocenters. The van der Waals surface area contributed by atoms with Gasteiger partial charge >= 0.3 is 0 Å². The number of aliphatic hydroxyl groups is 3. The van der Waals surface area contributed by atoms with Crippen molar-refractivity contribution in [2.75, 3.05) is 6.61 Å². The van der Waals surface area contributed by atoms with Gasteiger partial charge in [-0.3, -0.25) is 4.79 Å². The molecule has 4 heteroatoms. The molecule has 0 radical (unpaired) electrons. The molecule has 108 valence electrons. The van der Waals surface area contributed by atoms with E-state index in [1.807, 2.05) is 20.8 Å². The van der Waals surface area contributed by atoms with E-state index in [4.69, 9.17) is 0 Å². The van der Waals surface area contributed by atoms with Crippen molar-refractivity contribution < 1.29 is 20.1 Å². The van der Waals surface area contributed by atoms with Crippen molar-refractivity contribution in [3.63, 3.8) is 0 Å². The minimum absolute atomic E-state index is 0.00461. The SMILES string of the molecule is CC1=CC(=O)[C@@H]2C(C)(C)C[C@H](O)C[C@]2(C)[C@@]1(O)CO. The lowest BCUT2D eigenvalue weighted by Crippen LogP contribution is -2.65. The van der Waals surface area contributed by atoms with Crippen molar-refractivity contribution in [2.45, 2.75) is 52.2 Å². The predicted molar refractivity (Wildman–Crippen MR) is 71.4 cm³/mol. The van der Waals surface area contributed by atoms with Gasteiger partial charge in [0, 0.05) is 11.3 Å². The summed E-state index contributed by atoms with van der Waals surface area (Å²) < 4.78 is 0. The minimum atomic E-state index is -1.44. The summed E-state index contributed by atoms with van der Waals surface area (Å²) in [5.41, 5.74) is -2.18. The quantitative estimate of drug-likeness (QED) is 0.664. The zero-order valence-electron chi connectivity index (χ0n) is 12.1. The Hall–Kier alpha value is -0.710. The fraction of sp³-hybridized carbons (Fsp3) is 0.800. The minimum Gasteiger partial charge on any atom is -0.393 e. The van der Waals surface area contributed by atoms with Crippen LogP contribution in [-0.4, -0.2) is 39.4 Å². The number of carbonyl (C=O) groups is 1. The highest BCUT2D eigenvalue weighted by molar-refractivity contribution is 5.95. The van der Waals surface area contributed by atoms with E-state index in [2.05, 4.69) is 0 Å². The summed E-state index contributed by atoms with van der Waals surface area (Å²) in [6.07, 6.45) is 1.76. The highest BCUT2D eigenvalue weighted by atomic mass is 16.3. The van der Waals surface area contributed by atoms with Crippen LogP contribution in [0, 0.1) is 16.7 Å². The predicted octanol–water partition coefficient (Wildman–Crippen LogP) is 1.04. The Labute approximate surface area is 114 Å². The summed E-state index contributed by atoms with van der Waals surface area (Å²) in [4.78, 5) is 12.4. The number of hydrogen-bond donors (Lipinski definition) is 3. The summed E-state index contributed by atoms with van der Waals surface area (Å²) in [5, 5.41) is 30.7. The molecule has 0 aromatic rings. The highest BCUT2D eigenvalue weighted by Crippen LogP contribution is 2.59. The van der Waals surface area contributed by atoms with E-state index in [1.54, 1.807) is 6.92 Å². The second-order valence-electron chi connectivity index (χ2n) is 7.15. The fourth-order valence-corrected chi connectivity index (χ4v) is 4.55. The summed E-state index contributed by atoms with van der Waals surface area (Å²) in [6.45, 7) is 6.94. The Kier molecular flexibility index (Phi) is 3.20. The second-order valence-corrected chi connectivity index (χ2v) is 7.15. The zero-order chi connectivity index (χ0) is 14.6. The van der Waals surface area contributed by atoms with Gasteiger partial charge in [-0.2, -0.15) is 0 Å². The van der Waals surface area contributed by atoms with Crippen LogP contribution in [0.15, 0.2) is 11.6 Å². The summed E-state index contributed by atoms with van der Waals surface area (Å²) in [7, 11) is 0. The van der Waals surface area contributed by atoms with Crippen molar-refractivity contribution in [1.82, 2.24) is 0 Å². The van der Waals surface area contributed by atoms with Gasteiger partial charge in [-0.15, -0.1) is 0 Å². The van der Waals surface area contributed by atoms with E-state index in [0.717, 1.165) is 0 Å². The van der Waals surface area contributed by atoms with Crippen LogP contribution in [-0.2, 0) is 4.79 Å². The lowest BCUT2D eigenvalue weighted by atomic mass is 9.46. The zero-order valence-corrected chi connectivity index (χ0v) is 12.1. The van der Waals surface area contributed by atoms with Gasteiger partial charge in [-0.25, -0.2) is 0 Å². The van der Waals surface area contributed by atoms with E-state index in [0.29, 0.717) is 18.4 Å². The van der Waals surface area contributed by atoms with Crippen LogP contribution in [0.5, 0.6) is 0 Å². The molecule has 4 nitrogen and oxygen atoms in total. The molecule has 0 amide bonds. The normalized spacial score (nSPS) is 45.6. The van der Waals surface area contributed by atoms with Gasteiger partial charge in [-0.05, 0) is 36.8 Å². The number of carbonyl (C=O) groups excluding carboxylic acids is 1. The van der Waals surface area contributed by atoms with Crippen molar-refractivity contribution >= 4 is 5.78 Å². The lowest BCUT2D eigenvalue weighted by Gasteiger charge is -2.59. The molecule has 0 aromatic heterocycles. The Morgan fingerprint density at radius 1 is 1.32 bits per heavy atom. The third-order valence-corrected chi connectivity index (χ3v) is 5.31. The molecule has 0 bridgehead atoms. The van der Waals surface area contributed by atoms with E-state index >= 15 is 0 Å². The van der Waals surface area contributed by atoms with Gasteiger partial charge in [0.1, 0.15) is 5.60 Å². The van der Waals surface area contributed by atoms with Gasteiger partial charge in [0.2, 0.25) is 0 Å². The van der Waals surface area contributed by atoms with Crippen LogP contribution in [0.2, 0.25) is 0 Å². The van der Waals surface area contributed by atoms with Gasteiger partial charge in [0.05, 0.1) is 12.7 Å². The molecule has 0 unspecified atom stereocenters. The number of rotatable bonds is 1. The fourth-order valence-electron chi connectivity index (χ4n) is 4.55. The van der Waals surface area contributed by atoms with Crippen molar-refractivity contribution in [3.05, 3.63) is 11.6 Å². The smallest absolute Gasteiger partial charge is 0.160 e. The van der Waals surface area contributed by atoms with E-state index in [9.17, 15) is 20.1 Å². The summed E-state index contributed by atoms with van der Waals surface area (Å²) in [5.74, 6) is -0.390. The van der Waals surface area contributed by atoms with Gasteiger partial charge in [0.15, 0.2) is 5.78 Å². The molecule has 0 aromatic carbocycles. The van der Waals surface area contributed by atoms with E-state index in [1.165, 1.54) is 6.08 Å². The first-order valence-electron chi connectivity index (χ1n) is 6.82. The Morgan fingerprint density at radius 2 is 1.89 bits per heavy atom. The van der Waals surface area contributed by atoms with Crippen LogP contribution >= 0.6 is 0 Å². The largest absolute Gasteiger partial charge is 0.393 e. The summed E-state index contributed by atoms with van der Waals surface area (Å²) >= 11 is 0.